The molecule has 0 saturated heterocycles. The second-order valence-electron chi connectivity index (χ2n) is 2.77. The number of fused-ring (bicyclic) bond motifs is 1. The zero-order valence-electron chi connectivity index (χ0n) is 7.48. The van der Waals surface area contributed by atoms with Crippen LogP contribution in [0.25, 0.3) is 10.2 Å². The number of anilines is 1. The molecule has 0 unspecified atom stereocenters. The number of methoxy groups -OCH3 is 1. The van der Waals surface area contributed by atoms with Crippen LogP contribution in [0.5, 0.6) is 0 Å². The number of hydrogen-bond donors (Lipinski definition) is 1. The highest BCUT2D eigenvalue weighted by Crippen LogP contribution is 2.25. The van der Waals surface area contributed by atoms with E-state index in [-0.39, 0.29) is 5.97 Å². The topological polar surface area (TPSA) is 65.2 Å². The highest BCUT2D eigenvalue weighted by atomic mass is 32.1. The van der Waals surface area contributed by atoms with Crippen LogP contribution in [0, 0.1) is 0 Å². The molecular formula is C9H8N2O2S. The predicted octanol–water partition coefficient (Wildman–Crippen LogP) is 1.67. The van der Waals surface area contributed by atoms with Gasteiger partial charge in [0.05, 0.1) is 19.0 Å². The Bertz CT molecular complexity index is 493. The maximum Gasteiger partial charge on any atom is 0.348 e. The van der Waals surface area contributed by atoms with Crippen molar-refractivity contribution in [2.75, 3.05) is 12.8 Å². The third-order valence-corrected chi connectivity index (χ3v) is 2.82. The fourth-order valence-corrected chi connectivity index (χ4v) is 2.05. The monoisotopic (exact) mass is 208 g/mol. The van der Waals surface area contributed by atoms with Crippen LogP contribution in [0.2, 0.25) is 0 Å². The molecule has 0 aliphatic rings. The van der Waals surface area contributed by atoms with Gasteiger partial charge >= 0.3 is 5.97 Å². The lowest BCUT2D eigenvalue weighted by Gasteiger charge is -1.90. The van der Waals surface area contributed by atoms with E-state index in [1.807, 2.05) is 0 Å². The molecule has 2 aromatic heterocycles. The van der Waals surface area contributed by atoms with Gasteiger partial charge in [-0.3, -0.25) is 0 Å². The van der Waals surface area contributed by atoms with Crippen LogP contribution in [-0.2, 0) is 4.74 Å². The molecule has 0 bridgehead atoms. The van der Waals surface area contributed by atoms with Gasteiger partial charge in [0.15, 0.2) is 0 Å². The Morgan fingerprint density at radius 1 is 1.57 bits per heavy atom. The lowest BCUT2D eigenvalue weighted by Crippen LogP contribution is -1.96. The van der Waals surface area contributed by atoms with Crippen molar-refractivity contribution >= 4 is 33.2 Å². The van der Waals surface area contributed by atoms with Crippen molar-refractivity contribution in [3.05, 3.63) is 23.2 Å². The van der Waals surface area contributed by atoms with Gasteiger partial charge in [0, 0.05) is 5.39 Å². The van der Waals surface area contributed by atoms with Crippen molar-refractivity contribution in [3.63, 3.8) is 0 Å². The number of rotatable bonds is 1. The van der Waals surface area contributed by atoms with Crippen molar-refractivity contribution < 1.29 is 9.53 Å². The van der Waals surface area contributed by atoms with Crippen LogP contribution in [0.4, 0.5) is 5.69 Å². The lowest BCUT2D eigenvalue weighted by molar-refractivity contribution is 0.0606. The summed E-state index contributed by atoms with van der Waals surface area (Å²) in [7, 11) is 1.36. The van der Waals surface area contributed by atoms with Gasteiger partial charge in [-0.05, 0) is 12.1 Å². The molecule has 0 amide bonds. The zero-order chi connectivity index (χ0) is 10.1. The third kappa shape index (κ3) is 1.42. The standard InChI is InChI=1S/C9H8N2O2S/c1-13-9(12)7-3-5-2-6(10)4-11-8(5)14-7/h2-4H,10H2,1H3. The van der Waals surface area contributed by atoms with Gasteiger partial charge in [-0.15, -0.1) is 11.3 Å². The van der Waals surface area contributed by atoms with E-state index in [2.05, 4.69) is 9.72 Å². The van der Waals surface area contributed by atoms with E-state index in [4.69, 9.17) is 5.73 Å². The average molecular weight is 208 g/mol. The van der Waals surface area contributed by atoms with E-state index in [0.29, 0.717) is 10.6 Å². The van der Waals surface area contributed by atoms with Gasteiger partial charge in [-0.25, -0.2) is 9.78 Å². The molecule has 0 spiro atoms. The Morgan fingerprint density at radius 2 is 2.36 bits per heavy atom. The number of nitrogens with zero attached hydrogens (tertiary/aromatic N) is 1. The second-order valence-corrected chi connectivity index (χ2v) is 3.80. The largest absolute Gasteiger partial charge is 0.465 e. The molecule has 0 saturated carbocycles. The van der Waals surface area contributed by atoms with Crippen molar-refractivity contribution in [1.29, 1.82) is 0 Å². The molecule has 0 aromatic carbocycles. The van der Waals surface area contributed by atoms with Crippen molar-refractivity contribution in [2.24, 2.45) is 0 Å². The SMILES string of the molecule is COC(=O)c1cc2cc(N)cnc2s1. The van der Waals surface area contributed by atoms with E-state index in [0.717, 1.165) is 10.2 Å². The summed E-state index contributed by atoms with van der Waals surface area (Å²) in [4.78, 5) is 16.6. The third-order valence-electron chi connectivity index (χ3n) is 1.78. The molecule has 14 heavy (non-hydrogen) atoms. The Balaban J connectivity index is 2.56. The van der Waals surface area contributed by atoms with E-state index in [1.165, 1.54) is 18.4 Å². The average Bonchev–Trinajstić information content (AvgIpc) is 2.59. The Kier molecular flexibility index (Phi) is 2.09. The molecule has 0 aliphatic heterocycles. The highest BCUT2D eigenvalue weighted by Gasteiger charge is 2.10. The number of carbonyl (C=O) groups is 1. The molecule has 0 atom stereocenters. The van der Waals surface area contributed by atoms with Crippen molar-refractivity contribution in [2.45, 2.75) is 0 Å². The van der Waals surface area contributed by atoms with Crippen molar-refractivity contribution in [1.82, 2.24) is 4.98 Å². The second kappa shape index (κ2) is 3.26. The van der Waals surface area contributed by atoms with Gasteiger partial charge < -0.3 is 10.5 Å². The van der Waals surface area contributed by atoms with E-state index < -0.39 is 0 Å². The first kappa shape index (κ1) is 8.96. The minimum Gasteiger partial charge on any atom is -0.465 e. The van der Waals surface area contributed by atoms with Crippen LogP contribution in [0.15, 0.2) is 18.3 Å². The summed E-state index contributed by atoms with van der Waals surface area (Å²) in [6, 6.07) is 3.51. The number of carbonyl (C=O) groups excluding carboxylic acids is 1. The van der Waals surface area contributed by atoms with E-state index in [9.17, 15) is 4.79 Å². The summed E-state index contributed by atoms with van der Waals surface area (Å²) < 4.78 is 4.61. The van der Waals surface area contributed by atoms with Gasteiger partial charge in [-0.2, -0.15) is 0 Å². The molecule has 0 radical (unpaired) electrons. The molecule has 2 aromatic rings. The van der Waals surface area contributed by atoms with Crippen LogP contribution in [-0.4, -0.2) is 18.1 Å². The summed E-state index contributed by atoms with van der Waals surface area (Å²) >= 11 is 1.30. The Hall–Kier alpha value is -1.62. The van der Waals surface area contributed by atoms with E-state index in [1.54, 1.807) is 18.3 Å². The predicted molar refractivity (Wildman–Crippen MR) is 55.4 cm³/mol. The number of esters is 1. The van der Waals surface area contributed by atoms with Crippen molar-refractivity contribution in [3.8, 4) is 0 Å². The minimum absolute atomic E-state index is 0.341. The smallest absolute Gasteiger partial charge is 0.348 e. The number of nitrogens with two attached hydrogens (primary N) is 1. The lowest BCUT2D eigenvalue weighted by atomic mass is 10.3. The first-order chi connectivity index (χ1) is 6.70. The fourth-order valence-electron chi connectivity index (χ4n) is 1.15. The summed E-state index contributed by atoms with van der Waals surface area (Å²) in [6.45, 7) is 0. The van der Waals surface area contributed by atoms with Crippen LogP contribution in [0.3, 0.4) is 0 Å². The summed E-state index contributed by atoms with van der Waals surface area (Å²) in [5.41, 5.74) is 6.16. The normalized spacial score (nSPS) is 10.4. The maximum absolute atomic E-state index is 11.2. The number of ether oxygens (including phenoxy) is 1. The molecule has 0 fully saturated rings. The van der Waals surface area contributed by atoms with Crippen LogP contribution in [0.1, 0.15) is 9.67 Å². The molecule has 2 rings (SSSR count). The molecule has 2 heterocycles. The number of hydrogen-bond acceptors (Lipinski definition) is 5. The van der Waals surface area contributed by atoms with Crippen LogP contribution >= 0.6 is 11.3 Å². The Morgan fingerprint density at radius 3 is 3.07 bits per heavy atom. The molecule has 4 nitrogen and oxygen atoms in total. The quantitative estimate of drug-likeness (QED) is 0.724. The minimum atomic E-state index is -0.341. The first-order valence-corrected chi connectivity index (χ1v) is 4.76. The highest BCUT2D eigenvalue weighted by molar-refractivity contribution is 7.20. The van der Waals surface area contributed by atoms with Gasteiger partial charge in [0.1, 0.15) is 9.71 Å². The molecule has 72 valence electrons. The molecule has 0 aliphatic carbocycles. The summed E-state index contributed by atoms with van der Waals surface area (Å²) in [5.74, 6) is -0.341. The summed E-state index contributed by atoms with van der Waals surface area (Å²) in [5, 5.41) is 0.871. The fraction of sp³-hybridized carbons (Fsp3) is 0.111. The first-order valence-electron chi connectivity index (χ1n) is 3.94. The number of nitrogen functional groups attached to an aromatic ring is 1. The van der Waals surface area contributed by atoms with E-state index >= 15 is 0 Å². The molecule has 2 N–H and O–H groups in total. The number of thiophene rings is 1. The molecule has 5 heteroatoms. The van der Waals surface area contributed by atoms with Crippen LogP contribution < -0.4 is 5.73 Å². The number of aromatic nitrogens is 1. The van der Waals surface area contributed by atoms with Gasteiger partial charge in [0.2, 0.25) is 0 Å². The van der Waals surface area contributed by atoms with Gasteiger partial charge in [-0.1, -0.05) is 0 Å². The Labute approximate surface area is 84.3 Å². The number of pyridine rings is 1. The van der Waals surface area contributed by atoms with Gasteiger partial charge in [0.25, 0.3) is 0 Å². The maximum atomic E-state index is 11.2. The molecular weight excluding hydrogens is 200 g/mol. The zero-order valence-corrected chi connectivity index (χ0v) is 8.30. The summed E-state index contributed by atoms with van der Waals surface area (Å²) in [6.07, 6.45) is 1.57.